The maximum absolute atomic E-state index is 13.2. The first-order valence-electron chi connectivity index (χ1n) is 9.63. The van der Waals surface area contributed by atoms with Crippen molar-refractivity contribution in [2.75, 3.05) is 32.8 Å². The van der Waals surface area contributed by atoms with Crippen molar-refractivity contribution in [3.05, 3.63) is 28.8 Å². The lowest BCUT2D eigenvalue weighted by molar-refractivity contribution is -0.133. The van der Waals surface area contributed by atoms with Gasteiger partial charge in [-0.1, -0.05) is 11.6 Å². The highest BCUT2D eigenvalue weighted by Crippen LogP contribution is 2.61. The highest BCUT2D eigenvalue weighted by Gasteiger charge is 2.61. The van der Waals surface area contributed by atoms with Gasteiger partial charge in [-0.05, 0) is 50.3 Å². The van der Waals surface area contributed by atoms with Gasteiger partial charge in [0.25, 0.3) is 0 Å². The third-order valence-corrected chi connectivity index (χ3v) is 6.80. The zero-order valence-electron chi connectivity index (χ0n) is 14.5. The van der Waals surface area contributed by atoms with Gasteiger partial charge >= 0.3 is 0 Å². The van der Waals surface area contributed by atoms with Crippen molar-refractivity contribution in [3.8, 4) is 5.75 Å². The van der Waals surface area contributed by atoms with Gasteiger partial charge in [-0.15, -0.1) is 0 Å². The number of carbonyl (C=O) groups excluding carboxylic acids is 1. The van der Waals surface area contributed by atoms with E-state index in [4.69, 9.17) is 16.3 Å². The SMILES string of the molecule is O=C([C@@H]1C[C@]12CCOc1ccc(Cl)cc12)N1CCCN(C2CC2)CC1. The molecule has 0 N–H and O–H groups in total. The van der Waals surface area contributed by atoms with Gasteiger partial charge in [0.2, 0.25) is 5.91 Å². The van der Waals surface area contributed by atoms with Crippen LogP contribution in [0, 0.1) is 5.92 Å². The standard InChI is InChI=1S/C20H25ClN2O2/c21-14-2-5-18-16(12-14)20(6-11-25-18)13-17(20)19(24)23-8-1-7-22(9-10-23)15-3-4-15/h2,5,12,15,17H,1,3-4,6-11,13H2/t17-,20-/m0/s1. The molecule has 25 heavy (non-hydrogen) atoms. The van der Waals surface area contributed by atoms with Gasteiger partial charge in [-0.3, -0.25) is 9.69 Å². The minimum absolute atomic E-state index is 0.0297. The molecule has 0 radical (unpaired) electrons. The Balaban J connectivity index is 1.32. The lowest BCUT2D eigenvalue weighted by atomic mass is 9.87. The summed E-state index contributed by atoms with van der Waals surface area (Å²) in [6, 6.07) is 6.64. The molecule has 1 saturated heterocycles. The Hall–Kier alpha value is -1.26. The van der Waals surface area contributed by atoms with Crippen molar-refractivity contribution in [2.24, 2.45) is 5.92 Å². The number of carbonyl (C=O) groups is 1. The zero-order valence-corrected chi connectivity index (χ0v) is 15.3. The van der Waals surface area contributed by atoms with Crippen molar-refractivity contribution >= 4 is 17.5 Å². The maximum atomic E-state index is 13.2. The fourth-order valence-corrected chi connectivity index (χ4v) is 5.05. The summed E-state index contributed by atoms with van der Waals surface area (Å²) in [5, 5.41) is 0.733. The first-order chi connectivity index (χ1) is 12.2. The van der Waals surface area contributed by atoms with Crippen LogP contribution in [0.15, 0.2) is 18.2 Å². The Kier molecular flexibility index (Phi) is 3.75. The van der Waals surface area contributed by atoms with Gasteiger partial charge in [0, 0.05) is 54.1 Å². The highest BCUT2D eigenvalue weighted by molar-refractivity contribution is 6.30. The molecule has 3 fully saturated rings. The Bertz CT molecular complexity index is 705. The number of amides is 1. The fourth-order valence-electron chi connectivity index (χ4n) is 4.88. The van der Waals surface area contributed by atoms with Crippen LogP contribution in [0.1, 0.15) is 37.7 Å². The Morgan fingerprint density at radius 3 is 2.92 bits per heavy atom. The number of benzene rings is 1. The van der Waals surface area contributed by atoms with E-state index < -0.39 is 0 Å². The minimum atomic E-state index is -0.0297. The third-order valence-electron chi connectivity index (χ3n) is 6.56. The van der Waals surface area contributed by atoms with Crippen LogP contribution in [-0.2, 0) is 10.2 Å². The molecule has 2 saturated carbocycles. The van der Waals surface area contributed by atoms with E-state index in [0.717, 1.165) is 67.8 Å². The first-order valence-corrected chi connectivity index (χ1v) is 10.0. The maximum Gasteiger partial charge on any atom is 0.226 e. The van der Waals surface area contributed by atoms with Crippen LogP contribution < -0.4 is 4.74 Å². The van der Waals surface area contributed by atoms with E-state index >= 15 is 0 Å². The molecule has 5 rings (SSSR count). The van der Waals surface area contributed by atoms with Crippen molar-refractivity contribution in [2.45, 2.75) is 43.6 Å². The van der Waals surface area contributed by atoms with Crippen LogP contribution in [0.5, 0.6) is 5.75 Å². The van der Waals surface area contributed by atoms with Crippen LogP contribution in [0.2, 0.25) is 5.02 Å². The summed E-state index contributed by atoms with van der Waals surface area (Å²) in [6.45, 7) is 4.69. The van der Waals surface area contributed by atoms with E-state index in [9.17, 15) is 4.79 Å². The molecule has 0 unspecified atom stereocenters. The molecule has 1 spiro atoms. The van der Waals surface area contributed by atoms with Crippen molar-refractivity contribution in [1.29, 1.82) is 0 Å². The molecule has 0 bridgehead atoms. The molecule has 2 aliphatic heterocycles. The molecular formula is C20H25ClN2O2. The summed E-state index contributed by atoms with van der Waals surface area (Å²) < 4.78 is 5.80. The second kappa shape index (κ2) is 5.88. The first kappa shape index (κ1) is 16.0. The van der Waals surface area contributed by atoms with Gasteiger partial charge in [0.15, 0.2) is 0 Å². The molecule has 134 valence electrons. The van der Waals surface area contributed by atoms with E-state index in [1.165, 1.54) is 12.8 Å². The normalized spacial score (nSPS) is 32.0. The molecule has 2 heterocycles. The monoisotopic (exact) mass is 360 g/mol. The summed E-state index contributed by atoms with van der Waals surface area (Å²) in [5.74, 6) is 1.38. The van der Waals surface area contributed by atoms with Gasteiger partial charge in [0.1, 0.15) is 5.75 Å². The topological polar surface area (TPSA) is 32.8 Å². The van der Waals surface area contributed by atoms with Gasteiger partial charge < -0.3 is 9.64 Å². The number of ether oxygens (including phenoxy) is 1. The number of rotatable bonds is 2. The number of nitrogens with zero attached hydrogens (tertiary/aromatic N) is 2. The van der Waals surface area contributed by atoms with Crippen LogP contribution in [-0.4, -0.2) is 54.5 Å². The minimum Gasteiger partial charge on any atom is -0.493 e. The molecule has 2 aliphatic carbocycles. The van der Waals surface area contributed by atoms with E-state index in [1.54, 1.807) is 0 Å². The average Bonchev–Trinajstić information content (AvgIpc) is 3.50. The molecule has 4 aliphatic rings. The molecule has 4 nitrogen and oxygen atoms in total. The van der Waals surface area contributed by atoms with Crippen LogP contribution >= 0.6 is 11.6 Å². The largest absolute Gasteiger partial charge is 0.493 e. The Morgan fingerprint density at radius 1 is 1.20 bits per heavy atom. The van der Waals surface area contributed by atoms with E-state index in [-0.39, 0.29) is 11.3 Å². The molecule has 1 aromatic rings. The van der Waals surface area contributed by atoms with Crippen LogP contribution in [0.3, 0.4) is 0 Å². The van der Waals surface area contributed by atoms with Crippen molar-refractivity contribution < 1.29 is 9.53 Å². The smallest absolute Gasteiger partial charge is 0.226 e. The van der Waals surface area contributed by atoms with E-state index in [1.807, 2.05) is 18.2 Å². The summed E-state index contributed by atoms with van der Waals surface area (Å²) in [5.41, 5.74) is 1.12. The highest BCUT2D eigenvalue weighted by atomic mass is 35.5. The predicted octanol–water partition coefficient (Wildman–Crippen LogP) is 3.08. The fraction of sp³-hybridized carbons (Fsp3) is 0.650. The molecular weight excluding hydrogens is 336 g/mol. The number of halogens is 1. The third kappa shape index (κ3) is 2.74. The second-order valence-corrected chi connectivity index (χ2v) is 8.53. The van der Waals surface area contributed by atoms with E-state index in [2.05, 4.69) is 9.80 Å². The summed E-state index contributed by atoms with van der Waals surface area (Å²) in [7, 11) is 0. The lowest BCUT2D eigenvalue weighted by Gasteiger charge is -2.28. The van der Waals surface area contributed by atoms with Gasteiger partial charge in [-0.25, -0.2) is 0 Å². The Morgan fingerprint density at radius 2 is 2.08 bits per heavy atom. The average molecular weight is 361 g/mol. The number of fused-ring (bicyclic) bond motifs is 2. The summed E-state index contributed by atoms with van der Waals surface area (Å²) in [6.07, 6.45) is 5.67. The molecule has 2 atom stereocenters. The molecule has 1 aromatic carbocycles. The summed E-state index contributed by atoms with van der Waals surface area (Å²) >= 11 is 6.22. The van der Waals surface area contributed by atoms with Crippen LogP contribution in [0.25, 0.3) is 0 Å². The molecule has 5 heteroatoms. The molecule has 1 amide bonds. The summed E-state index contributed by atoms with van der Waals surface area (Å²) in [4.78, 5) is 17.9. The predicted molar refractivity (Wildman–Crippen MR) is 97.1 cm³/mol. The zero-order chi connectivity index (χ0) is 17.0. The van der Waals surface area contributed by atoms with E-state index in [0.29, 0.717) is 12.5 Å². The van der Waals surface area contributed by atoms with Gasteiger partial charge in [-0.2, -0.15) is 0 Å². The van der Waals surface area contributed by atoms with Gasteiger partial charge in [0.05, 0.1) is 6.61 Å². The lowest BCUT2D eigenvalue weighted by Crippen LogP contribution is -2.38. The van der Waals surface area contributed by atoms with Crippen molar-refractivity contribution in [3.63, 3.8) is 0 Å². The second-order valence-electron chi connectivity index (χ2n) is 8.10. The number of hydrogen-bond donors (Lipinski definition) is 0. The number of hydrogen-bond acceptors (Lipinski definition) is 3. The Labute approximate surface area is 154 Å². The van der Waals surface area contributed by atoms with Crippen molar-refractivity contribution in [1.82, 2.24) is 9.80 Å². The van der Waals surface area contributed by atoms with Crippen LogP contribution in [0.4, 0.5) is 0 Å². The molecule has 0 aromatic heterocycles. The quantitative estimate of drug-likeness (QED) is 0.812.